The fourth-order valence-corrected chi connectivity index (χ4v) is 4.32. The van der Waals surface area contributed by atoms with Crippen LogP contribution >= 0.6 is 0 Å². The summed E-state index contributed by atoms with van der Waals surface area (Å²) in [4.78, 5) is 29.8. The van der Waals surface area contributed by atoms with E-state index < -0.39 is 0 Å². The second kappa shape index (κ2) is 10.9. The topological polar surface area (TPSA) is 61.9 Å². The van der Waals surface area contributed by atoms with Gasteiger partial charge >= 0.3 is 6.03 Å². The largest absolute Gasteiger partial charge is 0.491 e. The van der Waals surface area contributed by atoms with E-state index in [0.717, 1.165) is 44.9 Å². The smallest absolute Gasteiger partial charge is 0.322 e. The summed E-state index contributed by atoms with van der Waals surface area (Å²) in [7, 11) is 0. The Morgan fingerprint density at radius 1 is 1.03 bits per heavy atom. The Labute approximate surface area is 213 Å². The van der Waals surface area contributed by atoms with Gasteiger partial charge in [-0.25, -0.2) is 4.79 Å². The average molecular weight is 486 g/mol. The van der Waals surface area contributed by atoms with Crippen LogP contribution in [0.2, 0.25) is 0 Å². The van der Waals surface area contributed by atoms with Gasteiger partial charge in [0.1, 0.15) is 12.4 Å². The molecule has 0 atom stereocenters. The normalized spacial score (nSPS) is 13.0. The highest BCUT2D eigenvalue weighted by Gasteiger charge is 2.23. The minimum atomic E-state index is -0.151. The number of rotatable bonds is 5. The number of nitrogens with one attached hydrogen (secondary N) is 1. The molecule has 1 aliphatic rings. The van der Waals surface area contributed by atoms with Crippen molar-refractivity contribution in [3.05, 3.63) is 88.5 Å². The number of amides is 3. The number of nitrogens with zero attached hydrogens (tertiary/aromatic N) is 2. The fourth-order valence-electron chi connectivity index (χ4n) is 4.32. The van der Waals surface area contributed by atoms with E-state index in [9.17, 15) is 9.59 Å². The SMILES string of the molecule is Cc1ccc(N(Cc2ccc3c(c2)CN(C(=O)Nc2cccc(C)c2C)CCO3)C(=O)C(C)C)cc1. The lowest BCUT2D eigenvalue weighted by Gasteiger charge is -2.26. The third-order valence-electron chi connectivity index (χ3n) is 6.68. The van der Waals surface area contributed by atoms with Gasteiger partial charge in [-0.2, -0.15) is 0 Å². The van der Waals surface area contributed by atoms with E-state index in [2.05, 4.69) is 5.32 Å². The molecule has 3 aromatic carbocycles. The maximum absolute atomic E-state index is 13.1. The van der Waals surface area contributed by atoms with Crippen LogP contribution in [0.5, 0.6) is 5.75 Å². The number of hydrogen-bond acceptors (Lipinski definition) is 3. The Kier molecular flexibility index (Phi) is 7.63. The van der Waals surface area contributed by atoms with Crippen molar-refractivity contribution in [2.75, 3.05) is 23.4 Å². The minimum Gasteiger partial charge on any atom is -0.491 e. The second-order valence-corrected chi connectivity index (χ2v) is 9.80. The van der Waals surface area contributed by atoms with E-state index in [1.54, 1.807) is 4.90 Å². The van der Waals surface area contributed by atoms with E-state index in [-0.39, 0.29) is 17.9 Å². The van der Waals surface area contributed by atoms with Gasteiger partial charge < -0.3 is 19.9 Å². The number of hydrogen-bond donors (Lipinski definition) is 1. The molecule has 6 heteroatoms. The van der Waals surface area contributed by atoms with E-state index in [1.165, 1.54) is 0 Å². The molecule has 3 amide bonds. The summed E-state index contributed by atoms with van der Waals surface area (Å²) in [6.45, 7) is 11.7. The highest BCUT2D eigenvalue weighted by Crippen LogP contribution is 2.28. The van der Waals surface area contributed by atoms with E-state index in [0.29, 0.717) is 26.2 Å². The van der Waals surface area contributed by atoms with Gasteiger partial charge in [0.25, 0.3) is 0 Å². The Morgan fingerprint density at radius 2 is 1.78 bits per heavy atom. The average Bonchev–Trinajstić information content (AvgIpc) is 3.07. The number of anilines is 2. The molecule has 1 N–H and O–H groups in total. The zero-order valence-electron chi connectivity index (χ0n) is 21.8. The van der Waals surface area contributed by atoms with Crippen LogP contribution in [-0.2, 0) is 17.9 Å². The van der Waals surface area contributed by atoms with Gasteiger partial charge in [-0.1, -0.05) is 49.7 Å². The number of fused-ring (bicyclic) bond motifs is 1. The first kappa shape index (κ1) is 25.3. The summed E-state index contributed by atoms with van der Waals surface area (Å²) in [6.07, 6.45) is 0. The maximum atomic E-state index is 13.1. The molecule has 0 unspecified atom stereocenters. The standard InChI is InChI=1S/C30H35N3O3/c1-20(2)29(34)33(26-12-9-21(3)10-13-26)18-24-11-14-28-25(17-24)19-32(15-16-36-28)30(35)31-27-8-6-7-22(4)23(27)5/h6-14,17,20H,15-16,18-19H2,1-5H3,(H,31,35). The maximum Gasteiger partial charge on any atom is 0.322 e. The number of aryl methyl sites for hydroxylation is 2. The molecule has 6 nitrogen and oxygen atoms in total. The molecule has 0 radical (unpaired) electrons. The number of benzene rings is 3. The predicted molar refractivity (Wildman–Crippen MR) is 144 cm³/mol. The van der Waals surface area contributed by atoms with Gasteiger partial charge in [-0.3, -0.25) is 4.79 Å². The molecular formula is C30H35N3O3. The van der Waals surface area contributed by atoms with Gasteiger partial charge in [-0.05, 0) is 67.8 Å². The molecule has 0 spiro atoms. The van der Waals surface area contributed by atoms with Crippen LogP contribution in [0, 0.1) is 26.7 Å². The van der Waals surface area contributed by atoms with Crippen LogP contribution in [0.25, 0.3) is 0 Å². The van der Waals surface area contributed by atoms with Crippen molar-refractivity contribution < 1.29 is 14.3 Å². The number of urea groups is 1. The molecule has 188 valence electrons. The minimum absolute atomic E-state index is 0.0691. The highest BCUT2D eigenvalue weighted by atomic mass is 16.5. The van der Waals surface area contributed by atoms with Crippen molar-refractivity contribution in [2.45, 2.75) is 47.7 Å². The van der Waals surface area contributed by atoms with Crippen LogP contribution in [0.4, 0.5) is 16.2 Å². The molecule has 1 aliphatic heterocycles. The first-order valence-corrected chi connectivity index (χ1v) is 12.5. The highest BCUT2D eigenvalue weighted by molar-refractivity contribution is 5.94. The van der Waals surface area contributed by atoms with Crippen LogP contribution in [-0.4, -0.2) is 30.0 Å². The molecule has 0 aromatic heterocycles. The van der Waals surface area contributed by atoms with Crippen molar-refractivity contribution in [3.63, 3.8) is 0 Å². The van der Waals surface area contributed by atoms with E-state index in [4.69, 9.17) is 4.74 Å². The Morgan fingerprint density at radius 3 is 2.50 bits per heavy atom. The van der Waals surface area contributed by atoms with Gasteiger partial charge in [0, 0.05) is 22.9 Å². The van der Waals surface area contributed by atoms with Crippen molar-refractivity contribution in [1.29, 1.82) is 0 Å². The van der Waals surface area contributed by atoms with Gasteiger partial charge in [-0.15, -0.1) is 0 Å². The fraction of sp³-hybridized carbons (Fsp3) is 0.333. The Bertz CT molecular complexity index is 1250. The Hall–Kier alpha value is -3.80. The molecule has 1 heterocycles. The molecule has 0 bridgehead atoms. The number of ether oxygens (including phenoxy) is 1. The van der Waals surface area contributed by atoms with Crippen molar-refractivity contribution >= 4 is 23.3 Å². The van der Waals surface area contributed by atoms with E-state index in [1.807, 2.05) is 100 Å². The molecule has 0 saturated carbocycles. The third kappa shape index (κ3) is 5.70. The van der Waals surface area contributed by atoms with Gasteiger partial charge in [0.05, 0.1) is 19.6 Å². The predicted octanol–water partition coefficient (Wildman–Crippen LogP) is 6.23. The number of carbonyl (C=O) groups is 2. The van der Waals surface area contributed by atoms with Crippen LogP contribution in [0.3, 0.4) is 0 Å². The first-order valence-electron chi connectivity index (χ1n) is 12.5. The molecule has 4 rings (SSSR count). The van der Waals surface area contributed by atoms with Crippen LogP contribution in [0.15, 0.2) is 60.7 Å². The summed E-state index contributed by atoms with van der Waals surface area (Å²) >= 11 is 0. The van der Waals surface area contributed by atoms with Crippen LogP contribution in [0.1, 0.15) is 41.7 Å². The quantitative estimate of drug-likeness (QED) is 0.466. The summed E-state index contributed by atoms with van der Waals surface area (Å²) in [5.41, 5.74) is 6.96. The van der Waals surface area contributed by atoms with Crippen molar-refractivity contribution in [3.8, 4) is 5.75 Å². The molecule has 36 heavy (non-hydrogen) atoms. The third-order valence-corrected chi connectivity index (χ3v) is 6.68. The lowest BCUT2D eigenvalue weighted by Crippen LogP contribution is -2.36. The lowest BCUT2D eigenvalue weighted by molar-refractivity contribution is -0.121. The molecule has 0 fully saturated rings. The van der Waals surface area contributed by atoms with Gasteiger partial charge in [0.2, 0.25) is 5.91 Å². The Balaban J connectivity index is 1.55. The first-order chi connectivity index (χ1) is 17.2. The second-order valence-electron chi connectivity index (χ2n) is 9.80. The molecular weight excluding hydrogens is 450 g/mol. The zero-order valence-corrected chi connectivity index (χ0v) is 21.8. The monoisotopic (exact) mass is 485 g/mol. The summed E-state index contributed by atoms with van der Waals surface area (Å²) in [5, 5.41) is 3.06. The molecule has 0 saturated heterocycles. The van der Waals surface area contributed by atoms with E-state index >= 15 is 0 Å². The van der Waals surface area contributed by atoms with Gasteiger partial charge in [0.15, 0.2) is 0 Å². The summed E-state index contributed by atoms with van der Waals surface area (Å²) in [6, 6.07) is 19.8. The van der Waals surface area contributed by atoms with Crippen molar-refractivity contribution in [2.24, 2.45) is 5.92 Å². The number of carbonyl (C=O) groups excluding carboxylic acids is 2. The van der Waals surface area contributed by atoms with Crippen molar-refractivity contribution in [1.82, 2.24) is 4.90 Å². The molecule has 0 aliphatic carbocycles. The lowest BCUT2D eigenvalue weighted by atomic mass is 10.1. The zero-order chi connectivity index (χ0) is 25.8. The summed E-state index contributed by atoms with van der Waals surface area (Å²) < 4.78 is 5.96. The summed E-state index contributed by atoms with van der Waals surface area (Å²) in [5.74, 6) is 0.720. The van der Waals surface area contributed by atoms with Crippen LogP contribution < -0.4 is 15.0 Å². The molecule has 3 aromatic rings.